The second-order valence-electron chi connectivity index (χ2n) is 4.09. The van der Waals surface area contributed by atoms with Crippen LogP contribution in [-0.2, 0) is 22.4 Å². The molecule has 0 radical (unpaired) electrons. The van der Waals surface area contributed by atoms with E-state index in [4.69, 9.17) is 11.6 Å². The molecule has 0 aliphatic carbocycles. The van der Waals surface area contributed by atoms with E-state index in [0.29, 0.717) is 18.7 Å². The molecule has 0 amide bonds. The van der Waals surface area contributed by atoms with Crippen molar-refractivity contribution in [3.63, 3.8) is 0 Å². The van der Waals surface area contributed by atoms with Gasteiger partial charge < -0.3 is 0 Å². The zero-order chi connectivity index (χ0) is 15.8. The fraction of sp³-hybridized carbons (Fsp3) is 0.250. The molecule has 0 unspecified atom stereocenters. The molecule has 0 fully saturated rings. The van der Waals surface area contributed by atoms with Crippen LogP contribution in [0.4, 0.5) is 13.2 Å². The summed E-state index contributed by atoms with van der Waals surface area (Å²) >= 11 is 6.72. The van der Waals surface area contributed by atoms with Crippen molar-refractivity contribution < 1.29 is 21.6 Å². The average molecular weight is 356 g/mol. The second kappa shape index (κ2) is 5.58. The van der Waals surface area contributed by atoms with E-state index in [0.717, 1.165) is 16.2 Å². The lowest BCUT2D eigenvalue weighted by atomic mass is 10.3. The van der Waals surface area contributed by atoms with E-state index in [1.165, 1.54) is 6.07 Å². The number of thiophene rings is 1. The van der Waals surface area contributed by atoms with Gasteiger partial charge in [-0.25, -0.2) is 13.4 Å². The summed E-state index contributed by atoms with van der Waals surface area (Å²) in [7, 11) is -4.01. The number of rotatable bonds is 3. The maximum atomic E-state index is 12.5. The summed E-state index contributed by atoms with van der Waals surface area (Å²) in [5.41, 5.74) is -1.09. The summed E-state index contributed by atoms with van der Waals surface area (Å²) < 4.78 is 62.2. The molecule has 0 atom stereocenters. The lowest BCUT2D eigenvalue weighted by molar-refractivity contribution is -0.137. The third-order valence-electron chi connectivity index (χ3n) is 2.64. The molecule has 2 aromatic rings. The Bertz CT molecular complexity index is 769. The van der Waals surface area contributed by atoms with Gasteiger partial charge in [0.25, 0.3) is 0 Å². The predicted octanol–water partition coefficient (Wildman–Crippen LogP) is 4.21. The van der Waals surface area contributed by atoms with Crippen molar-refractivity contribution in [2.45, 2.75) is 28.8 Å². The third kappa shape index (κ3) is 3.22. The molecule has 0 N–H and O–H groups in total. The van der Waals surface area contributed by atoms with Gasteiger partial charge in [0.1, 0.15) is 4.21 Å². The third-order valence-corrected chi connectivity index (χ3v) is 6.47. The van der Waals surface area contributed by atoms with E-state index < -0.39 is 31.6 Å². The Balaban J connectivity index is 2.50. The molecule has 2 rings (SSSR count). The SMILES string of the molecule is CCc1ccc(S(=O)(=O)c2ncc(C(F)(F)F)cc2Cl)s1. The Morgan fingerprint density at radius 2 is 2.00 bits per heavy atom. The molecule has 3 nitrogen and oxygen atoms in total. The number of sulfone groups is 1. The minimum absolute atomic E-state index is 0.00788. The van der Waals surface area contributed by atoms with Crippen LogP contribution in [0.1, 0.15) is 17.4 Å². The normalized spacial score (nSPS) is 12.6. The van der Waals surface area contributed by atoms with E-state index >= 15 is 0 Å². The lowest BCUT2D eigenvalue weighted by Crippen LogP contribution is -2.09. The van der Waals surface area contributed by atoms with Crippen LogP contribution in [0.15, 0.2) is 33.6 Å². The topological polar surface area (TPSA) is 47.0 Å². The highest BCUT2D eigenvalue weighted by Crippen LogP contribution is 2.35. The van der Waals surface area contributed by atoms with Gasteiger partial charge in [-0.05, 0) is 24.6 Å². The molecule has 21 heavy (non-hydrogen) atoms. The minimum atomic E-state index is -4.63. The Hall–Kier alpha value is -1.12. The monoisotopic (exact) mass is 355 g/mol. The molecule has 0 spiro atoms. The van der Waals surface area contributed by atoms with Gasteiger partial charge in [-0.3, -0.25) is 0 Å². The summed E-state index contributed by atoms with van der Waals surface area (Å²) in [5.74, 6) is 0. The molecule has 0 aliphatic heterocycles. The van der Waals surface area contributed by atoms with Crippen molar-refractivity contribution in [3.05, 3.63) is 39.9 Å². The molecule has 0 aromatic carbocycles. The van der Waals surface area contributed by atoms with Crippen LogP contribution in [0.5, 0.6) is 0 Å². The van der Waals surface area contributed by atoms with Crippen molar-refractivity contribution in [1.82, 2.24) is 4.98 Å². The summed E-state index contributed by atoms with van der Waals surface area (Å²) in [4.78, 5) is 4.24. The van der Waals surface area contributed by atoms with Crippen molar-refractivity contribution in [2.75, 3.05) is 0 Å². The van der Waals surface area contributed by atoms with Crippen LogP contribution < -0.4 is 0 Å². The zero-order valence-electron chi connectivity index (χ0n) is 10.6. The van der Waals surface area contributed by atoms with Crippen LogP contribution in [0.25, 0.3) is 0 Å². The number of aryl methyl sites for hydroxylation is 1. The van der Waals surface area contributed by atoms with E-state index in [-0.39, 0.29) is 4.21 Å². The molecule has 0 bridgehead atoms. The summed E-state index contributed by atoms with van der Waals surface area (Å²) in [6.45, 7) is 1.87. The first kappa shape index (κ1) is 16.3. The fourth-order valence-electron chi connectivity index (χ4n) is 1.57. The van der Waals surface area contributed by atoms with Gasteiger partial charge in [0.2, 0.25) is 9.84 Å². The number of pyridine rings is 1. The largest absolute Gasteiger partial charge is 0.417 e. The number of alkyl halides is 3. The molecule has 2 aromatic heterocycles. The molecule has 0 aliphatic rings. The Morgan fingerprint density at radius 1 is 1.33 bits per heavy atom. The van der Waals surface area contributed by atoms with Gasteiger partial charge in [0.15, 0.2) is 5.03 Å². The van der Waals surface area contributed by atoms with Crippen LogP contribution in [0.2, 0.25) is 5.02 Å². The highest BCUT2D eigenvalue weighted by atomic mass is 35.5. The average Bonchev–Trinajstić information content (AvgIpc) is 2.86. The van der Waals surface area contributed by atoms with Gasteiger partial charge in [-0.1, -0.05) is 18.5 Å². The van der Waals surface area contributed by atoms with Crippen LogP contribution in [-0.4, -0.2) is 13.4 Å². The van der Waals surface area contributed by atoms with Gasteiger partial charge >= 0.3 is 6.18 Å². The van der Waals surface area contributed by atoms with Gasteiger partial charge in [0.05, 0.1) is 10.6 Å². The standard InChI is InChI=1S/C12H9ClF3NO2S2/c1-2-8-3-4-10(20-8)21(18,19)11-9(13)5-7(6-17-11)12(14,15)16/h3-6H,2H2,1H3. The maximum Gasteiger partial charge on any atom is 0.417 e. The summed E-state index contributed by atoms with van der Waals surface area (Å²) in [5, 5.41) is -1.11. The van der Waals surface area contributed by atoms with Crippen molar-refractivity contribution in [1.29, 1.82) is 0 Å². The van der Waals surface area contributed by atoms with Crippen molar-refractivity contribution in [3.8, 4) is 0 Å². The lowest BCUT2D eigenvalue weighted by Gasteiger charge is -2.08. The predicted molar refractivity (Wildman–Crippen MR) is 73.4 cm³/mol. The molecule has 2 heterocycles. The molecule has 9 heteroatoms. The van der Waals surface area contributed by atoms with Crippen LogP contribution in [0, 0.1) is 0 Å². The van der Waals surface area contributed by atoms with Crippen molar-refractivity contribution in [2.24, 2.45) is 0 Å². The molecular formula is C12H9ClF3NO2S2. The van der Waals surface area contributed by atoms with Crippen LogP contribution >= 0.6 is 22.9 Å². The number of halogens is 4. The van der Waals surface area contributed by atoms with E-state index in [2.05, 4.69) is 4.98 Å². The zero-order valence-corrected chi connectivity index (χ0v) is 13.0. The minimum Gasteiger partial charge on any atom is -0.242 e. The Labute approximate surface area is 128 Å². The highest BCUT2D eigenvalue weighted by Gasteiger charge is 2.33. The molecule has 0 saturated heterocycles. The van der Waals surface area contributed by atoms with E-state index in [1.807, 2.05) is 6.92 Å². The first-order valence-corrected chi connectivity index (χ1v) is 8.40. The highest BCUT2D eigenvalue weighted by molar-refractivity contribution is 7.93. The van der Waals surface area contributed by atoms with Gasteiger partial charge in [0, 0.05) is 11.1 Å². The smallest absolute Gasteiger partial charge is 0.242 e. The molecule has 114 valence electrons. The first-order valence-electron chi connectivity index (χ1n) is 5.72. The summed E-state index contributed by atoms with van der Waals surface area (Å²) in [6.07, 6.45) is -3.50. The van der Waals surface area contributed by atoms with Crippen LogP contribution in [0.3, 0.4) is 0 Å². The Morgan fingerprint density at radius 3 is 2.48 bits per heavy atom. The Kier molecular flexibility index (Phi) is 4.32. The fourth-order valence-corrected chi connectivity index (χ4v) is 4.65. The first-order chi connectivity index (χ1) is 9.66. The second-order valence-corrected chi connectivity index (χ2v) is 7.75. The molecule has 0 saturated carbocycles. The number of hydrogen-bond donors (Lipinski definition) is 0. The van der Waals surface area contributed by atoms with Crippen molar-refractivity contribution >= 4 is 32.8 Å². The molecular weight excluding hydrogens is 347 g/mol. The number of aromatic nitrogens is 1. The van der Waals surface area contributed by atoms with Gasteiger partial charge in [-0.2, -0.15) is 13.2 Å². The number of hydrogen-bond acceptors (Lipinski definition) is 4. The number of nitrogens with zero attached hydrogens (tertiary/aromatic N) is 1. The van der Waals surface area contributed by atoms with Gasteiger partial charge in [-0.15, -0.1) is 11.3 Å². The summed E-state index contributed by atoms with van der Waals surface area (Å²) in [6, 6.07) is 3.61. The van der Waals surface area contributed by atoms with E-state index in [1.54, 1.807) is 6.07 Å². The quantitative estimate of drug-likeness (QED) is 0.828. The maximum absolute atomic E-state index is 12.5. The van der Waals surface area contributed by atoms with E-state index in [9.17, 15) is 21.6 Å².